The monoisotopic (exact) mass is 282 g/mol. The molecule has 0 bridgehead atoms. The Labute approximate surface area is 124 Å². The number of aryl methyl sites for hydroxylation is 1. The van der Waals surface area contributed by atoms with Crippen molar-refractivity contribution in [1.29, 1.82) is 0 Å². The van der Waals surface area contributed by atoms with Gasteiger partial charge in [0.05, 0.1) is 12.0 Å². The number of hydrogen-bond donors (Lipinski definition) is 0. The Bertz CT molecular complexity index is 657. The van der Waals surface area contributed by atoms with E-state index in [1.54, 1.807) is 11.3 Å². The first kappa shape index (κ1) is 13.6. The van der Waals surface area contributed by atoms with Crippen LogP contribution in [0.5, 0.6) is 0 Å². The molecule has 21 heavy (non-hydrogen) atoms. The number of carbonyl (C=O) groups excluding carboxylic acids is 1. The molecule has 108 valence electrons. The number of benzene rings is 1. The molecule has 3 rings (SSSR count). The summed E-state index contributed by atoms with van der Waals surface area (Å²) in [7, 11) is 0. The van der Waals surface area contributed by atoms with Gasteiger partial charge in [0.25, 0.3) is 0 Å². The predicted octanol–water partition coefficient (Wildman–Crippen LogP) is 3.68. The van der Waals surface area contributed by atoms with Gasteiger partial charge in [-0.3, -0.25) is 4.79 Å². The van der Waals surface area contributed by atoms with E-state index in [0.717, 1.165) is 17.0 Å². The number of amides is 1. The topological polar surface area (TPSA) is 45.8 Å². The second-order valence-corrected chi connectivity index (χ2v) is 5.24. The second kappa shape index (κ2) is 5.56. The van der Waals surface area contributed by atoms with Crippen LogP contribution in [0.3, 0.4) is 0 Å². The molecule has 0 aliphatic carbocycles. The molecule has 2 aromatic rings. The van der Waals surface area contributed by atoms with Crippen molar-refractivity contribution in [2.24, 2.45) is 5.10 Å². The molecule has 0 N–H and O–H groups in total. The Hall–Kier alpha value is -2.36. The van der Waals surface area contributed by atoms with Crippen LogP contribution in [-0.2, 0) is 4.79 Å². The van der Waals surface area contributed by atoms with Crippen LogP contribution in [-0.4, -0.2) is 16.6 Å². The second-order valence-electron chi connectivity index (χ2n) is 5.24. The zero-order valence-corrected chi connectivity index (χ0v) is 12.2. The van der Waals surface area contributed by atoms with E-state index in [4.69, 9.17) is 4.42 Å². The van der Waals surface area contributed by atoms with Crippen LogP contribution in [0.1, 0.15) is 42.7 Å². The summed E-state index contributed by atoms with van der Waals surface area (Å²) in [5.74, 6) is 0.793. The Kier molecular flexibility index (Phi) is 3.60. The van der Waals surface area contributed by atoms with Crippen molar-refractivity contribution >= 4 is 11.6 Å². The van der Waals surface area contributed by atoms with E-state index in [9.17, 15) is 4.79 Å². The van der Waals surface area contributed by atoms with Gasteiger partial charge in [0, 0.05) is 12.8 Å². The van der Waals surface area contributed by atoms with Crippen LogP contribution < -0.4 is 0 Å². The zero-order chi connectivity index (χ0) is 14.8. The molecule has 0 saturated carbocycles. The fraction of sp³-hybridized carbons (Fsp3) is 0.294. The highest BCUT2D eigenvalue weighted by Gasteiger charge is 2.33. The van der Waals surface area contributed by atoms with Gasteiger partial charge in [0.2, 0.25) is 5.91 Å². The van der Waals surface area contributed by atoms with Crippen LogP contribution in [0, 0.1) is 6.92 Å². The lowest BCUT2D eigenvalue weighted by atomic mass is 10.0. The lowest BCUT2D eigenvalue weighted by Gasteiger charge is -2.18. The van der Waals surface area contributed by atoms with Crippen molar-refractivity contribution < 1.29 is 9.21 Å². The molecule has 1 aromatic carbocycles. The first-order valence-electron chi connectivity index (χ1n) is 7.19. The van der Waals surface area contributed by atoms with Crippen LogP contribution in [0.2, 0.25) is 0 Å². The Balaban J connectivity index is 1.93. The third-order valence-electron chi connectivity index (χ3n) is 3.72. The number of rotatable bonds is 3. The number of nitrogens with zero attached hydrogens (tertiary/aromatic N) is 2. The van der Waals surface area contributed by atoms with Crippen molar-refractivity contribution in [1.82, 2.24) is 5.01 Å². The molecule has 1 aliphatic heterocycles. The van der Waals surface area contributed by atoms with Gasteiger partial charge < -0.3 is 4.42 Å². The molecule has 1 aliphatic rings. The Morgan fingerprint density at radius 2 is 2.10 bits per heavy atom. The lowest BCUT2D eigenvalue weighted by Crippen LogP contribution is -2.25. The molecule has 0 spiro atoms. The fourth-order valence-electron chi connectivity index (χ4n) is 2.53. The molecule has 1 aromatic heterocycles. The molecule has 4 heteroatoms. The highest BCUT2D eigenvalue weighted by Crippen LogP contribution is 2.33. The highest BCUT2D eigenvalue weighted by atomic mass is 16.3. The minimum atomic E-state index is -0.135. The average Bonchev–Trinajstić information content (AvgIpc) is 3.16. The number of hydrogen-bond acceptors (Lipinski definition) is 3. The van der Waals surface area contributed by atoms with Crippen LogP contribution in [0.25, 0.3) is 0 Å². The van der Waals surface area contributed by atoms with Gasteiger partial charge in [-0.25, -0.2) is 5.01 Å². The fourth-order valence-corrected chi connectivity index (χ4v) is 2.53. The van der Waals surface area contributed by atoms with Crippen LogP contribution >= 0.6 is 0 Å². The average molecular weight is 282 g/mol. The first-order chi connectivity index (χ1) is 10.2. The van der Waals surface area contributed by atoms with Crippen molar-refractivity contribution in [2.45, 2.75) is 32.7 Å². The summed E-state index contributed by atoms with van der Waals surface area (Å²) >= 11 is 0. The van der Waals surface area contributed by atoms with Gasteiger partial charge in [-0.2, -0.15) is 5.10 Å². The summed E-state index contributed by atoms with van der Waals surface area (Å²) in [6, 6.07) is 11.8. The van der Waals surface area contributed by atoms with E-state index in [2.05, 4.69) is 24.2 Å². The Morgan fingerprint density at radius 3 is 2.71 bits per heavy atom. The molecule has 0 saturated heterocycles. The summed E-state index contributed by atoms with van der Waals surface area (Å²) in [5.41, 5.74) is 3.20. The van der Waals surface area contributed by atoms with E-state index in [1.165, 1.54) is 5.56 Å². The van der Waals surface area contributed by atoms with Crippen molar-refractivity contribution in [3.05, 3.63) is 59.5 Å². The molecule has 0 unspecified atom stereocenters. The lowest BCUT2D eigenvalue weighted by molar-refractivity contribution is -0.133. The minimum Gasteiger partial charge on any atom is -0.467 e. The maximum absolute atomic E-state index is 12.1. The molecule has 0 radical (unpaired) electrons. The number of carbonyl (C=O) groups is 1. The quantitative estimate of drug-likeness (QED) is 0.862. The van der Waals surface area contributed by atoms with E-state index >= 15 is 0 Å². The summed E-state index contributed by atoms with van der Waals surface area (Å²) in [6.07, 6.45) is 2.75. The third-order valence-corrected chi connectivity index (χ3v) is 3.72. The summed E-state index contributed by atoms with van der Waals surface area (Å²) in [6.45, 7) is 3.90. The molecular weight excluding hydrogens is 264 g/mol. The Morgan fingerprint density at radius 1 is 1.33 bits per heavy atom. The van der Waals surface area contributed by atoms with Crippen LogP contribution in [0.4, 0.5) is 0 Å². The van der Waals surface area contributed by atoms with Gasteiger partial charge in [0.1, 0.15) is 11.8 Å². The van der Waals surface area contributed by atoms with Crippen molar-refractivity contribution in [3.63, 3.8) is 0 Å². The maximum Gasteiger partial charge on any atom is 0.243 e. The maximum atomic E-state index is 12.1. The normalized spacial score (nSPS) is 17.9. The molecule has 1 amide bonds. The molecule has 2 heterocycles. The first-order valence-corrected chi connectivity index (χ1v) is 7.19. The molecule has 0 fully saturated rings. The largest absolute Gasteiger partial charge is 0.467 e. The van der Waals surface area contributed by atoms with E-state index in [0.29, 0.717) is 12.8 Å². The van der Waals surface area contributed by atoms with E-state index in [1.807, 2.05) is 31.2 Å². The van der Waals surface area contributed by atoms with Gasteiger partial charge in [0.15, 0.2) is 0 Å². The standard InChI is InChI=1S/C17H18N2O2/c1-3-17(20)19-15(16-5-4-10-21-16)11-14(18-19)13-8-6-12(2)7-9-13/h4-10,15H,3,11H2,1-2H3/t15-/m0/s1. The SMILES string of the molecule is CCC(=O)N1N=C(c2ccc(C)cc2)C[C@H]1c1ccco1. The predicted molar refractivity (Wildman–Crippen MR) is 80.9 cm³/mol. The van der Waals surface area contributed by atoms with Gasteiger partial charge in [-0.1, -0.05) is 36.8 Å². The van der Waals surface area contributed by atoms with Gasteiger partial charge in [-0.15, -0.1) is 0 Å². The van der Waals surface area contributed by atoms with Gasteiger partial charge in [-0.05, 0) is 24.6 Å². The molecular formula is C17H18N2O2. The number of furan rings is 1. The highest BCUT2D eigenvalue weighted by molar-refractivity contribution is 6.03. The zero-order valence-electron chi connectivity index (χ0n) is 12.2. The summed E-state index contributed by atoms with van der Waals surface area (Å²) in [5, 5.41) is 6.10. The van der Waals surface area contributed by atoms with E-state index in [-0.39, 0.29) is 11.9 Å². The summed E-state index contributed by atoms with van der Waals surface area (Å²) in [4.78, 5) is 12.1. The smallest absolute Gasteiger partial charge is 0.243 e. The van der Waals surface area contributed by atoms with Gasteiger partial charge >= 0.3 is 0 Å². The molecule has 4 nitrogen and oxygen atoms in total. The van der Waals surface area contributed by atoms with E-state index < -0.39 is 0 Å². The van der Waals surface area contributed by atoms with Crippen LogP contribution in [0.15, 0.2) is 52.2 Å². The summed E-state index contributed by atoms with van der Waals surface area (Å²) < 4.78 is 5.48. The van der Waals surface area contributed by atoms with Crippen molar-refractivity contribution in [2.75, 3.05) is 0 Å². The molecule has 1 atom stereocenters. The third kappa shape index (κ3) is 2.61. The van der Waals surface area contributed by atoms with Crippen molar-refractivity contribution in [3.8, 4) is 0 Å². The number of hydrazone groups is 1. The minimum absolute atomic E-state index is 0.0125.